The predicted octanol–water partition coefficient (Wildman–Crippen LogP) is 2.21. The maximum atomic E-state index is 11.9. The number of halogens is 2. The van der Waals surface area contributed by atoms with E-state index in [0.717, 1.165) is 0 Å². The Kier molecular flexibility index (Phi) is 5.78. The summed E-state index contributed by atoms with van der Waals surface area (Å²) >= 11 is 11.8. The summed E-state index contributed by atoms with van der Waals surface area (Å²) in [5, 5.41) is 2.95. The van der Waals surface area contributed by atoms with Crippen LogP contribution in [0.3, 0.4) is 0 Å². The molecule has 0 radical (unpaired) electrons. The van der Waals surface area contributed by atoms with Crippen LogP contribution in [-0.2, 0) is 4.79 Å². The van der Waals surface area contributed by atoms with E-state index in [0.29, 0.717) is 0 Å². The molecule has 0 bridgehead atoms. The summed E-state index contributed by atoms with van der Waals surface area (Å²) in [6.07, 6.45) is 2.72. The van der Waals surface area contributed by atoms with Gasteiger partial charge in [0.15, 0.2) is 6.61 Å². The van der Waals surface area contributed by atoms with Crippen LogP contribution in [0.15, 0.2) is 18.5 Å². The molecule has 23 heavy (non-hydrogen) atoms. The van der Waals surface area contributed by atoms with E-state index < -0.39 is 5.91 Å². The first-order chi connectivity index (χ1) is 11.0. The zero-order chi connectivity index (χ0) is 16.8. The van der Waals surface area contributed by atoms with E-state index in [1.54, 1.807) is 0 Å². The van der Waals surface area contributed by atoms with Gasteiger partial charge in [-0.2, -0.15) is 9.97 Å². The Morgan fingerprint density at radius 3 is 2.22 bits per heavy atom. The number of hydrogen-bond donors (Lipinski definition) is 1. The number of nitrogens with one attached hydrogen (secondary N) is 1. The second-order valence-electron chi connectivity index (χ2n) is 4.05. The van der Waals surface area contributed by atoms with E-state index >= 15 is 0 Å². The van der Waals surface area contributed by atoms with Crippen molar-refractivity contribution in [3.63, 3.8) is 0 Å². The van der Waals surface area contributed by atoms with Crippen LogP contribution in [-0.4, -0.2) is 41.7 Å². The molecule has 0 saturated heterocycles. The van der Waals surface area contributed by atoms with E-state index in [4.69, 9.17) is 37.4 Å². The van der Waals surface area contributed by atoms with E-state index in [2.05, 4.69) is 20.3 Å². The van der Waals surface area contributed by atoms with Crippen molar-refractivity contribution in [1.29, 1.82) is 0 Å². The first kappa shape index (κ1) is 17.0. The summed E-state index contributed by atoms with van der Waals surface area (Å²) in [6, 6.07) is 1.41. The maximum absolute atomic E-state index is 11.9. The van der Waals surface area contributed by atoms with Gasteiger partial charge in [-0.05, 0) is 0 Å². The first-order valence-corrected chi connectivity index (χ1v) is 6.97. The number of anilines is 1. The van der Waals surface area contributed by atoms with Crippen LogP contribution in [0.2, 0.25) is 10.0 Å². The van der Waals surface area contributed by atoms with Gasteiger partial charge in [-0.3, -0.25) is 9.78 Å². The predicted molar refractivity (Wildman–Crippen MR) is 83.5 cm³/mol. The molecule has 0 saturated carbocycles. The van der Waals surface area contributed by atoms with Gasteiger partial charge in [0.2, 0.25) is 11.8 Å². The van der Waals surface area contributed by atoms with Crippen LogP contribution < -0.4 is 19.5 Å². The van der Waals surface area contributed by atoms with Crippen molar-refractivity contribution in [3.8, 4) is 17.8 Å². The topological polar surface area (TPSA) is 95.5 Å². The van der Waals surface area contributed by atoms with Gasteiger partial charge in [0.1, 0.15) is 0 Å². The van der Waals surface area contributed by atoms with Gasteiger partial charge in [-0.25, -0.2) is 0 Å². The maximum Gasteiger partial charge on any atom is 0.323 e. The number of amides is 1. The smallest absolute Gasteiger partial charge is 0.323 e. The molecule has 10 heteroatoms. The van der Waals surface area contributed by atoms with Crippen LogP contribution in [0.1, 0.15) is 0 Å². The van der Waals surface area contributed by atoms with Crippen LogP contribution in [0, 0.1) is 0 Å². The number of rotatable bonds is 6. The summed E-state index contributed by atoms with van der Waals surface area (Å²) in [6.45, 7) is -0.356. The van der Waals surface area contributed by atoms with Crippen LogP contribution >= 0.6 is 23.2 Å². The molecule has 2 rings (SSSR count). The largest absolute Gasteiger partial charge is 0.481 e. The number of ether oxygens (including phenoxy) is 3. The third-order valence-electron chi connectivity index (χ3n) is 2.53. The van der Waals surface area contributed by atoms with E-state index in [1.165, 1.54) is 32.7 Å². The Balaban J connectivity index is 2.02. The third kappa shape index (κ3) is 4.57. The molecule has 1 amide bonds. The van der Waals surface area contributed by atoms with Gasteiger partial charge in [0.25, 0.3) is 5.91 Å². The fourth-order valence-corrected chi connectivity index (χ4v) is 1.95. The van der Waals surface area contributed by atoms with E-state index in [9.17, 15) is 4.79 Å². The molecule has 2 heterocycles. The van der Waals surface area contributed by atoms with Crippen molar-refractivity contribution >= 4 is 34.8 Å². The molecule has 0 aliphatic heterocycles. The molecule has 8 nitrogen and oxygen atoms in total. The minimum absolute atomic E-state index is 0.0664. The van der Waals surface area contributed by atoms with Crippen molar-refractivity contribution in [2.75, 3.05) is 26.1 Å². The molecule has 0 aliphatic carbocycles. The lowest BCUT2D eigenvalue weighted by molar-refractivity contribution is -0.118. The Morgan fingerprint density at radius 1 is 1.13 bits per heavy atom. The lowest BCUT2D eigenvalue weighted by atomic mass is 10.4. The molecule has 2 aromatic heterocycles. The number of carbonyl (C=O) groups excluding carboxylic acids is 1. The highest BCUT2D eigenvalue weighted by atomic mass is 35.5. The number of aromatic nitrogens is 3. The normalized spacial score (nSPS) is 10.1. The van der Waals surface area contributed by atoms with Gasteiger partial charge in [-0.1, -0.05) is 23.2 Å². The van der Waals surface area contributed by atoms with Gasteiger partial charge < -0.3 is 19.5 Å². The molecule has 0 fully saturated rings. The first-order valence-electron chi connectivity index (χ1n) is 6.22. The lowest BCUT2D eigenvalue weighted by Gasteiger charge is -2.10. The third-order valence-corrected chi connectivity index (χ3v) is 3.10. The monoisotopic (exact) mass is 358 g/mol. The second-order valence-corrected chi connectivity index (χ2v) is 4.86. The highest BCUT2D eigenvalue weighted by molar-refractivity contribution is 6.39. The summed E-state index contributed by atoms with van der Waals surface area (Å²) in [7, 11) is 2.87. The Morgan fingerprint density at radius 2 is 1.70 bits per heavy atom. The molecule has 122 valence electrons. The molecule has 0 spiro atoms. The summed E-state index contributed by atoms with van der Waals surface area (Å²) in [5.74, 6) is -0.00894. The zero-order valence-corrected chi connectivity index (χ0v) is 13.7. The summed E-state index contributed by atoms with van der Waals surface area (Å²) < 4.78 is 15.2. The van der Waals surface area contributed by atoms with Crippen molar-refractivity contribution in [2.24, 2.45) is 0 Å². The van der Waals surface area contributed by atoms with Crippen LogP contribution in [0.4, 0.5) is 5.69 Å². The summed E-state index contributed by atoms with van der Waals surface area (Å²) in [4.78, 5) is 23.6. The van der Waals surface area contributed by atoms with Crippen molar-refractivity contribution in [1.82, 2.24) is 15.0 Å². The number of pyridine rings is 1. The van der Waals surface area contributed by atoms with E-state index in [-0.39, 0.29) is 40.1 Å². The SMILES string of the molecule is COc1cc(OC)nc(OCC(=O)Nc2c(Cl)cncc2Cl)n1. The quantitative estimate of drug-likeness (QED) is 0.845. The molecule has 2 aromatic rings. The van der Waals surface area contributed by atoms with Gasteiger partial charge in [0, 0.05) is 12.4 Å². The number of hydrogen-bond acceptors (Lipinski definition) is 7. The van der Waals surface area contributed by atoms with Crippen LogP contribution in [0.5, 0.6) is 17.8 Å². The summed E-state index contributed by atoms with van der Waals surface area (Å²) in [5.41, 5.74) is 0.251. The molecular weight excluding hydrogens is 347 g/mol. The van der Waals surface area contributed by atoms with Crippen molar-refractivity contribution < 1.29 is 19.0 Å². The Hall–Kier alpha value is -2.32. The average Bonchev–Trinajstić information content (AvgIpc) is 2.56. The minimum Gasteiger partial charge on any atom is -0.481 e. The van der Waals surface area contributed by atoms with Crippen molar-refractivity contribution in [3.05, 3.63) is 28.5 Å². The molecule has 0 aromatic carbocycles. The van der Waals surface area contributed by atoms with Crippen molar-refractivity contribution in [2.45, 2.75) is 0 Å². The molecule has 0 atom stereocenters. The minimum atomic E-state index is -0.495. The fourth-order valence-electron chi connectivity index (χ4n) is 1.49. The fraction of sp³-hybridized carbons (Fsp3) is 0.231. The number of methoxy groups -OCH3 is 2. The van der Waals surface area contributed by atoms with E-state index in [1.807, 2.05) is 0 Å². The molecule has 1 N–H and O–H groups in total. The standard InChI is InChI=1S/C13H12Cl2N4O4/c1-21-10-3-11(22-2)19-13(18-10)23-6-9(20)17-12-7(14)4-16-5-8(12)15/h3-5H,6H2,1-2H3,(H,16,17,20). The van der Waals surface area contributed by atoms with Crippen LogP contribution in [0.25, 0.3) is 0 Å². The highest BCUT2D eigenvalue weighted by Gasteiger charge is 2.12. The Labute approximate surface area is 141 Å². The second kappa shape index (κ2) is 7.80. The Bertz CT molecular complexity index is 672. The molecular formula is C13H12Cl2N4O4. The molecule has 0 aliphatic rings. The molecule has 0 unspecified atom stereocenters. The van der Waals surface area contributed by atoms with Gasteiger partial charge in [-0.15, -0.1) is 0 Å². The average molecular weight is 359 g/mol. The number of nitrogens with zero attached hydrogens (tertiary/aromatic N) is 3. The number of carbonyl (C=O) groups is 1. The van der Waals surface area contributed by atoms with Gasteiger partial charge >= 0.3 is 6.01 Å². The zero-order valence-electron chi connectivity index (χ0n) is 12.2. The highest BCUT2D eigenvalue weighted by Crippen LogP contribution is 2.28. The van der Waals surface area contributed by atoms with Gasteiger partial charge in [0.05, 0.1) is 36.0 Å². The lowest BCUT2D eigenvalue weighted by Crippen LogP contribution is -2.21.